The predicted molar refractivity (Wildman–Crippen MR) is 236 cm³/mol. The van der Waals surface area contributed by atoms with Crippen LogP contribution in [0.25, 0.3) is 11.0 Å². The van der Waals surface area contributed by atoms with Gasteiger partial charge in [0.25, 0.3) is 0 Å². The molecule has 0 aliphatic heterocycles. The van der Waals surface area contributed by atoms with Crippen LogP contribution in [-0.4, -0.2) is 121 Å². The molecule has 18 nitrogen and oxygen atoms in total. The molecule has 6 rings (SSSR count). The summed E-state index contributed by atoms with van der Waals surface area (Å²) >= 11 is 0. The lowest BCUT2D eigenvalue weighted by Gasteiger charge is -2.62. The van der Waals surface area contributed by atoms with E-state index in [1.54, 1.807) is 6.07 Å². The van der Waals surface area contributed by atoms with Crippen molar-refractivity contribution >= 4 is 40.2 Å². The number of aliphatic hydroxyl groups is 2. The zero-order valence-electron chi connectivity index (χ0n) is 38.2. The molecule has 4 fully saturated rings. The molecule has 0 saturated heterocycles. The van der Waals surface area contributed by atoms with Crippen molar-refractivity contribution in [2.24, 2.45) is 46.3 Å². The van der Waals surface area contributed by atoms with E-state index in [1.165, 1.54) is 13.2 Å². The Morgan fingerprint density at radius 1 is 0.859 bits per heavy atom. The van der Waals surface area contributed by atoms with E-state index in [4.69, 9.17) is 18.9 Å². The van der Waals surface area contributed by atoms with Gasteiger partial charge in [-0.15, -0.1) is 0 Å². The van der Waals surface area contributed by atoms with Gasteiger partial charge in [-0.2, -0.15) is 0 Å². The zero-order chi connectivity index (χ0) is 45.9. The van der Waals surface area contributed by atoms with E-state index < -0.39 is 16.9 Å². The van der Waals surface area contributed by atoms with Crippen molar-refractivity contribution in [2.45, 2.75) is 129 Å². The second-order valence-corrected chi connectivity index (χ2v) is 19.3. The fraction of sp³-hybridized carbons (Fsp3) is 0.804. The smallest absolute Gasteiger partial charge is 0.328 e. The third-order valence-electron chi connectivity index (χ3n) is 15.7. The Kier molecular flexibility index (Phi) is 17.8. The van der Waals surface area contributed by atoms with E-state index >= 15 is 0 Å². The molecular weight excluding hydrogens is 829 g/mol. The number of ether oxygens (including phenoxy) is 4. The Morgan fingerprint density at radius 2 is 1.56 bits per heavy atom. The standard InChI is InChI=1S/C46H72N6O12/c1-29(32-9-10-33-41-34(15-18-46(32,33)3)45(2)17-14-31(53)27-30(45)28-38(41)54)8-13-40(56)49-36(44(57)60-4)7-5-6-19-48-39(55)16-21-61-23-25-63-26-24-62-22-20-47-35-11-12-37(52(58)59)43-42(35)50-64-51-43/h11-12,29-34,36,38,41,47,53-54H,5-10,13-28H2,1-4H3,(H,48,55)(H,49,56)/t29-,30?,31-,32?,33?,34?,36+,38?,41?,45+,46-/m1/s1. The predicted octanol–water partition coefficient (Wildman–Crippen LogP) is 5.33. The van der Waals surface area contributed by atoms with E-state index in [0.717, 1.165) is 57.8 Å². The van der Waals surface area contributed by atoms with Crippen LogP contribution in [0.5, 0.6) is 0 Å². The highest BCUT2D eigenvalue weighted by Crippen LogP contribution is 2.68. The number of carbonyl (C=O) groups is 3. The normalized spacial score (nSPS) is 29.5. The van der Waals surface area contributed by atoms with Gasteiger partial charge < -0.3 is 45.1 Å². The number of aliphatic hydroxyl groups excluding tert-OH is 2. The zero-order valence-corrected chi connectivity index (χ0v) is 38.2. The summed E-state index contributed by atoms with van der Waals surface area (Å²) in [6, 6.07) is 2.14. The van der Waals surface area contributed by atoms with Gasteiger partial charge in [0, 0.05) is 32.0 Å². The Balaban J connectivity index is 0.784. The number of hydrogen-bond donors (Lipinski definition) is 5. The number of anilines is 1. The summed E-state index contributed by atoms with van der Waals surface area (Å²) in [4.78, 5) is 48.7. The van der Waals surface area contributed by atoms with E-state index in [2.05, 4.69) is 51.7 Å². The highest BCUT2D eigenvalue weighted by atomic mass is 16.6. The first-order valence-corrected chi connectivity index (χ1v) is 23.6. The number of esters is 1. The maximum atomic E-state index is 13.2. The summed E-state index contributed by atoms with van der Waals surface area (Å²) in [5.74, 6) is 1.74. The highest BCUT2D eigenvalue weighted by molar-refractivity contribution is 5.93. The molecule has 0 spiro atoms. The van der Waals surface area contributed by atoms with Crippen molar-refractivity contribution in [2.75, 3.05) is 65.2 Å². The molecule has 358 valence electrons. The van der Waals surface area contributed by atoms with Crippen molar-refractivity contribution < 1.29 is 53.1 Å². The molecule has 5 N–H and O–H groups in total. The van der Waals surface area contributed by atoms with Crippen molar-refractivity contribution in [3.63, 3.8) is 0 Å². The average molecular weight is 901 g/mol. The molecule has 4 aliphatic rings. The van der Waals surface area contributed by atoms with Gasteiger partial charge in [0.05, 0.1) is 69.6 Å². The van der Waals surface area contributed by atoms with Crippen LogP contribution < -0.4 is 16.0 Å². The molecule has 1 aromatic carbocycles. The largest absolute Gasteiger partial charge is 0.467 e. The molecule has 6 unspecified atom stereocenters. The minimum atomic E-state index is -0.746. The first-order chi connectivity index (χ1) is 30.8. The number of hydrogen-bond acceptors (Lipinski definition) is 15. The van der Waals surface area contributed by atoms with Crippen LogP contribution in [0.3, 0.4) is 0 Å². The number of unbranched alkanes of at least 4 members (excludes halogenated alkanes) is 1. The van der Waals surface area contributed by atoms with Crippen LogP contribution >= 0.6 is 0 Å². The quantitative estimate of drug-likeness (QED) is 0.0366. The van der Waals surface area contributed by atoms with E-state index in [9.17, 15) is 34.7 Å². The summed E-state index contributed by atoms with van der Waals surface area (Å²) < 4.78 is 26.3. The van der Waals surface area contributed by atoms with E-state index in [-0.39, 0.29) is 64.6 Å². The number of nitro groups is 1. The maximum absolute atomic E-state index is 13.2. The molecular formula is C46H72N6O12. The molecule has 1 aromatic heterocycles. The van der Waals surface area contributed by atoms with Crippen molar-refractivity contribution in [1.29, 1.82) is 0 Å². The SMILES string of the molecule is COC(=O)[C@H](CCCCNC(=O)CCOCCOCCOCCNc1ccc([N+](=O)[O-])c2nonc12)NC(=O)CC[C@@H](C)C1CCC2C3C(O)CC4C[C@H](O)CC[C@]4(C)C3CC[C@@]21C. The van der Waals surface area contributed by atoms with Gasteiger partial charge in [-0.05, 0) is 140 Å². The minimum absolute atomic E-state index is 0.0766. The maximum Gasteiger partial charge on any atom is 0.328 e. The number of nitrogens with one attached hydrogen (secondary N) is 3. The average Bonchev–Trinajstić information content (AvgIpc) is 3.91. The van der Waals surface area contributed by atoms with Crippen LogP contribution in [0.4, 0.5) is 11.4 Å². The van der Waals surface area contributed by atoms with Gasteiger partial charge in [-0.1, -0.05) is 20.8 Å². The van der Waals surface area contributed by atoms with Gasteiger partial charge >= 0.3 is 11.7 Å². The van der Waals surface area contributed by atoms with Crippen LogP contribution in [0.1, 0.15) is 111 Å². The van der Waals surface area contributed by atoms with Crippen LogP contribution in [0.15, 0.2) is 16.8 Å². The topological polar surface area (TPSA) is 247 Å². The highest BCUT2D eigenvalue weighted by Gasteiger charge is 2.62. The van der Waals surface area contributed by atoms with Gasteiger partial charge in [-0.3, -0.25) is 19.7 Å². The third kappa shape index (κ3) is 11.9. The van der Waals surface area contributed by atoms with Gasteiger partial charge in [-0.25, -0.2) is 9.42 Å². The number of nitrogens with zero attached hydrogens (tertiary/aromatic N) is 3. The summed E-state index contributed by atoms with van der Waals surface area (Å²) in [5.41, 5.74) is 1.06. The molecule has 2 aromatic rings. The second-order valence-electron chi connectivity index (χ2n) is 19.3. The first kappa shape index (κ1) is 49.5. The number of rotatable bonds is 25. The van der Waals surface area contributed by atoms with Crippen molar-refractivity contribution in [3.05, 3.63) is 22.2 Å². The summed E-state index contributed by atoms with van der Waals surface area (Å²) in [7, 11) is 1.32. The number of carbonyl (C=O) groups excluding carboxylic acids is 3. The lowest BCUT2D eigenvalue weighted by molar-refractivity contribution is -0.383. The van der Waals surface area contributed by atoms with Gasteiger partial charge in [0.15, 0.2) is 5.52 Å². The lowest BCUT2D eigenvalue weighted by atomic mass is 9.43. The third-order valence-corrected chi connectivity index (χ3v) is 15.7. The van der Waals surface area contributed by atoms with Gasteiger partial charge in [0.1, 0.15) is 6.04 Å². The molecule has 4 saturated carbocycles. The number of methoxy groups -OCH3 is 1. The molecule has 1 heterocycles. The molecule has 11 atom stereocenters. The molecule has 0 radical (unpaired) electrons. The minimum Gasteiger partial charge on any atom is -0.467 e. The first-order valence-electron chi connectivity index (χ1n) is 23.6. The van der Waals surface area contributed by atoms with Crippen molar-refractivity contribution in [1.82, 2.24) is 20.9 Å². The lowest BCUT2D eigenvalue weighted by Crippen LogP contribution is -2.58. The number of non-ortho nitro benzene ring substituents is 1. The van der Waals surface area contributed by atoms with Crippen LogP contribution in [-0.2, 0) is 33.3 Å². The number of aromatic nitrogens is 2. The van der Waals surface area contributed by atoms with E-state index in [0.29, 0.717) is 113 Å². The second kappa shape index (κ2) is 23.0. The van der Waals surface area contributed by atoms with Gasteiger partial charge in [0.2, 0.25) is 17.3 Å². The fourth-order valence-electron chi connectivity index (χ4n) is 12.3. The fourth-order valence-corrected chi connectivity index (χ4v) is 12.3. The Hall–Kier alpha value is -3.97. The number of fused-ring (bicyclic) bond motifs is 6. The number of amides is 2. The van der Waals surface area contributed by atoms with Crippen molar-refractivity contribution in [3.8, 4) is 0 Å². The number of nitro benzene ring substituents is 1. The monoisotopic (exact) mass is 901 g/mol. The Labute approximate surface area is 376 Å². The number of benzene rings is 1. The molecule has 2 amide bonds. The Morgan fingerprint density at radius 3 is 2.31 bits per heavy atom. The molecule has 64 heavy (non-hydrogen) atoms. The Bertz CT molecular complexity index is 1870. The summed E-state index contributed by atoms with van der Waals surface area (Å²) in [6.07, 6.45) is 10.5. The molecule has 18 heteroatoms. The molecule has 0 bridgehead atoms. The summed E-state index contributed by atoms with van der Waals surface area (Å²) in [6.45, 7) is 10.1. The van der Waals surface area contributed by atoms with E-state index in [1.807, 2.05) is 0 Å². The van der Waals surface area contributed by atoms with Crippen LogP contribution in [0, 0.1) is 56.5 Å². The molecule has 4 aliphatic carbocycles. The van der Waals surface area contributed by atoms with Crippen LogP contribution in [0.2, 0.25) is 0 Å². The summed E-state index contributed by atoms with van der Waals surface area (Å²) in [5, 5.41) is 49.4.